The molecule has 6 nitrogen and oxygen atoms in total. The molecule has 6 N–H and O–H groups in total. The number of carbonyl (C=O) groups excluding carboxylic acids is 1. The number of aliphatic hydroxyl groups excluding tert-OH is 4. The standard InChI is InChI=1S/C6H13NO5/c1-2(8)3(9)4(10)5(11)6(7)12/h2-5,8-11H,1H3,(H2,7,12)/t2-,3+,4+,5-/m0/s1/i/hD. The van der Waals surface area contributed by atoms with Gasteiger partial charge >= 0.3 is 0 Å². The average Bonchev–Trinajstić information content (AvgIpc) is 2.12. The molecule has 72 valence electrons. The van der Waals surface area contributed by atoms with Crippen LogP contribution in [0.4, 0.5) is 0 Å². The Morgan fingerprint density at radius 3 is 2.17 bits per heavy atom. The van der Waals surface area contributed by atoms with Crippen molar-refractivity contribution in [3.63, 3.8) is 0 Å². The van der Waals surface area contributed by atoms with E-state index in [0.717, 1.165) is 0 Å². The Kier molecular flexibility index (Phi) is 3.42. The second-order valence-electron chi connectivity index (χ2n) is 2.53. The molecule has 0 unspecified atom stereocenters. The molecule has 1 amide bonds. The Labute approximate surface area is 70.7 Å². The van der Waals surface area contributed by atoms with Crippen molar-refractivity contribution >= 4 is 5.91 Å². The van der Waals surface area contributed by atoms with E-state index in [4.69, 9.17) is 21.8 Å². The van der Waals surface area contributed by atoms with Crippen LogP contribution in [-0.2, 0) is 4.79 Å². The Bertz CT molecular complexity index is 176. The molecule has 0 bridgehead atoms. The number of aliphatic hydroxyl groups is 4. The SMILES string of the molecule is [2H]NC(=O)[C@@H](O)[C@H](O)[C@H](O)[C@H](C)O. The van der Waals surface area contributed by atoms with E-state index in [9.17, 15) is 4.79 Å². The Balaban J connectivity index is 4.24. The first-order valence-electron chi connectivity index (χ1n) is 3.85. The molecular formula is C6H13NO5. The van der Waals surface area contributed by atoms with Crippen molar-refractivity contribution in [3.05, 3.63) is 0 Å². The van der Waals surface area contributed by atoms with Gasteiger partial charge in [0.15, 0.2) is 7.52 Å². The van der Waals surface area contributed by atoms with Crippen molar-refractivity contribution in [1.29, 1.82) is 0 Å². The van der Waals surface area contributed by atoms with Crippen molar-refractivity contribution in [1.82, 2.24) is 0 Å². The minimum Gasteiger partial charge on any atom is -0.391 e. The molecule has 12 heavy (non-hydrogen) atoms. The minimum atomic E-state index is -1.93. The lowest BCUT2D eigenvalue weighted by atomic mass is 10.0. The van der Waals surface area contributed by atoms with Gasteiger partial charge in [-0.2, -0.15) is 0 Å². The molecule has 6 heteroatoms. The average molecular weight is 180 g/mol. The van der Waals surface area contributed by atoms with Crippen molar-refractivity contribution < 1.29 is 26.6 Å². The fourth-order valence-corrected chi connectivity index (χ4v) is 0.627. The molecule has 0 radical (unpaired) electrons. The Hall–Kier alpha value is -0.690. The van der Waals surface area contributed by atoms with E-state index in [2.05, 4.69) is 0 Å². The van der Waals surface area contributed by atoms with Gasteiger partial charge in [0.05, 0.1) is 6.10 Å². The highest BCUT2D eigenvalue weighted by Crippen LogP contribution is 2.03. The summed E-state index contributed by atoms with van der Waals surface area (Å²) in [6, 6.07) is 0. The van der Waals surface area contributed by atoms with Gasteiger partial charge in [0, 0.05) is 0 Å². The summed E-state index contributed by atoms with van der Waals surface area (Å²) in [5, 5.41) is 35.8. The first-order valence-corrected chi connectivity index (χ1v) is 3.35. The second kappa shape index (κ2) is 4.36. The third-order valence-electron chi connectivity index (χ3n) is 1.44. The number of hydrogen-bond acceptors (Lipinski definition) is 5. The molecule has 0 saturated carbocycles. The van der Waals surface area contributed by atoms with Crippen LogP contribution in [0.3, 0.4) is 0 Å². The van der Waals surface area contributed by atoms with Crippen LogP contribution in [0.2, 0.25) is 1.41 Å². The van der Waals surface area contributed by atoms with Crippen LogP contribution in [0.25, 0.3) is 0 Å². The summed E-state index contributed by atoms with van der Waals surface area (Å²) >= 11 is 0. The Morgan fingerprint density at radius 1 is 1.33 bits per heavy atom. The summed E-state index contributed by atoms with van der Waals surface area (Å²) < 4.78 is 6.37. The number of hydrogen-bond donors (Lipinski definition) is 5. The summed E-state index contributed by atoms with van der Waals surface area (Å²) in [5.41, 5.74) is 1.35. The normalized spacial score (nSPS) is 21.9. The zero-order valence-corrected chi connectivity index (χ0v) is 6.51. The highest BCUT2D eigenvalue weighted by atomic mass is 16.4. The van der Waals surface area contributed by atoms with Gasteiger partial charge in [-0.15, -0.1) is 0 Å². The molecule has 0 heterocycles. The summed E-state index contributed by atoms with van der Waals surface area (Å²) in [4.78, 5) is 10.6. The van der Waals surface area contributed by atoms with Crippen LogP contribution < -0.4 is 5.73 Å². The molecule has 0 rings (SSSR count). The Morgan fingerprint density at radius 2 is 1.83 bits per heavy atom. The summed E-state index contributed by atoms with van der Waals surface area (Å²) in [7, 11) is 0. The lowest BCUT2D eigenvalue weighted by molar-refractivity contribution is -0.142. The number of amides is 1. The van der Waals surface area contributed by atoms with E-state index in [1.807, 2.05) is 0 Å². The minimum absolute atomic E-state index is 1.15. The van der Waals surface area contributed by atoms with Gasteiger partial charge in [-0.1, -0.05) is 0 Å². The fraction of sp³-hybridized carbons (Fsp3) is 0.833. The van der Waals surface area contributed by atoms with E-state index >= 15 is 0 Å². The van der Waals surface area contributed by atoms with E-state index < -0.39 is 30.3 Å². The van der Waals surface area contributed by atoms with Crippen LogP contribution >= 0.6 is 0 Å². The number of nitrogens with two attached hydrogens (primary N) is 1. The summed E-state index contributed by atoms with van der Waals surface area (Å²) in [6.45, 7) is 1.19. The van der Waals surface area contributed by atoms with Crippen LogP contribution in [0.1, 0.15) is 6.92 Å². The highest BCUT2D eigenvalue weighted by Gasteiger charge is 2.31. The topological polar surface area (TPSA) is 124 Å². The highest BCUT2D eigenvalue weighted by molar-refractivity contribution is 5.79. The van der Waals surface area contributed by atoms with Crippen molar-refractivity contribution in [3.8, 4) is 0 Å². The predicted molar refractivity (Wildman–Crippen MR) is 38.9 cm³/mol. The van der Waals surface area contributed by atoms with E-state index in [1.165, 1.54) is 12.7 Å². The van der Waals surface area contributed by atoms with Gasteiger partial charge in [-0.05, 0) is 6.92 Å². The lowest BCUT2D eigenvalue weighted by Crippen LogP contribution is -2.48. The maximum Gasteiger partial charge on any atom is 0.249 e. The smallest absolute Gasteiger partial charge is 0.249 e. The van der Waals surface area contributed by atoms with Crippen molar-refractivity contribution in [2.75, 3.05) is 0 Å². The quantitative estimate of drug-likeness (QED) is 0.314. The maximum atomic E-state index is 10.6. The van der Waals surface area contributed by atoms with Crippen molar-refractivity contribution in [2.24, 2.45) is 5.73 Å². The molecule has 4 atom stereocenters. The number of primary amides is 1. The first-order chi connectivity index (χ1) is 5.91. The van der Waals surface area contributed by atoms with E-state index in [1.54, 1.807) is 0 Å². The molecule has 0 fully saturated rings. The van der Waals surface area contributed by atoms with Crippen LogP contribution in [0.15, 0.2) is 0 Å². The van der Waals surface area contributed by atoms with Gasteiger partial charge in [0.2, 0.25) is 5.91 Å². The zero-order chi connectivity index (χ0) is 10.6. The van der Waals surface area contributed by atoms with Gasteiger partial charge in [-0.3, -0.25) is 4.79 Å². The van der Waals surface area contributed by atoms with Gasteiger partial charge in [-0.25, -0.2) is 0 Å². The lowest BCUT2D eigenvalue weighted by Gasteiger charge is -2.22. The molecular weight excluding hydrogens is 166 g/mol. The monoisotopic (exact) mass is 180 g/mol. The molecule has 0 aliphatic rings. The predicted octanol–water partition coefficient (Wildman–Crippen LogP) is -3.06. The van der Waals surface area contributed by atoms with E-state index in [-0.39, 0.29) is 0 Å². The van der Waals surface area contributed by atoms with Crippen LogP contribution in [0.5, 0.6) is 0 Å². The largest absolute Gasteiger partial charge is 0.391 e. The van der Waals surface area contributed by atoms with E-state index in [0.29, 0.717) is 0 Å². The molecule has 0 aliphatic carbocycles. The molecule has 0 saturated heterocycles. The molecule has 0 aromatic carbocycles. The molecule has 0 aromatic rings. The van der Waals surface area contributed by atoms with Crippen molar-refractivity contribution in [2.45, 2.75) is 31.3 Å². The first kappa shape index (κ1) is 9.40. The summed E-state index contributed by atoms with van der Waals surface area (Å²) in [6.07, 6.45) is -6.65. The van der Waals surface area contributed by atoms with Gasteiger partial charge in [0.1, 0.15) is 12.2 Å². The zero-order valence-electron chi connectivity index (χ0n) is 7.51. The van der Waals surface area contributed by atoms with Gasteiger partial charge in [0.25, 0.3) is 0 Å². The third-order valence-corrected chi connectivity index (χ3v) is 1.44. The second-order valence-corrected chi connectivity index (χ2v) is 2.53. The van der Waals surface area contributed by atoms with Crippen LogP contribution in [-0.4, -0.2) is 50.7 Å². The molecule has 0 spiro atoms. The fourth-order valence-electron chi connectivity index (χ4n) is 0.627. The van der Waals surface area contributed by atoms with Gasteiger partial charge < -0.3 is 26.2 Å². The summed E-state index contributed by atoms with van der Waals surface area (Å²) in [5.74, 6) is -1.15. The van der Waals surface area contributed by atoms with Crippen LogP contribution in [0, 0.1) is 0 Å². The maximum absolute atomic E-state index is 10.6. The molecule has 0 aliphatic heterocycles. The molecule has 0 aromatic heterocycles. The third kappa shape index (κ3) is 2.74. The number of carbonyl (C=O) groups is 1. The number of rotatable bonds is 4.